The highest BCUT2D eigenvalue weighted by Gasteiger charge is 2.11. The minimum atomic E-state index is -0.564. The van der Waals surface area contributed by atoms with Gasteiger partial charge in [0.25, 0.3) is 0 Å². The molecule has 0 fully saturated rings. The summed E-state index contributed by atoms with van der Waals surface area (Å²) in [6.45, 7) is 1.50. The zero-order chi connectivity index (χ0) is 14.4. The van der Waals surface area contributed by atoms with Crippen molar-refractivity contribution in [2.45, 2.75) is 19.1 Å². The van der Waals surface area contributed by atoms with E-state index >= 15 is 0 Å². The van der Waals surface area contributed by atoms with Crippen LogP contribution in [0.4, 0.5) is 4.39 Å². The number of hydrogen-bond acceptors (Lipinski definition) is 2. The van der Waals surface area contributed by atoms with Gasteiger partial charge in [-0.3, -0.25) is 0 Å². The Hall–Kier alpha value is -0.980. The molecule has 2 N–H and O–H groups in total. The molecule has 0 saturated carbocycles. The van der Waals surface area contributed by atoms with Crippen LogP contribution in [0.15, 0.2) is 48.5 Å². The van der Waals surface area contributed by atoms with Gasteiger partial charge in [-0.25, -0.2) is 4.39 Å². The first-order valence-corrected chi connectivity index (χ1v) is 7.62. The van der Waals surface area contributed by atoms with Crippen LogP contribution in [0.2, 0.25) is 0 Å². The SMILES string of the molecule is O[C@H](CCNCc1ccccc1)c1ccc(F)cc1I. The van der Waals surface area contributed by atoms with E-state index in [1.54, 1.807) is 6.07 Å². The first-order valence-electron chi connectivity index (χ1n) is 6.54. The van der Waals surface area contributed by atoms with Gasteiger partial charge < -0.3 is 10.4 Å². The van der Waals surface area contributed by atoms with Gasteiger partial charge in [-0.2, -0.15) is 0 Å². The van der Waals surface area contributed by atoms with E-state index in [0.29, 0.717) is 13.0 Å². The van der Waals surface area contributed by atoms with Gasteiger partial charge in [0.05, 0.1) is 6.10 Å². The van der Waals surface area contributed by atoms with Gasteiger partial charge in [0.1, 0.15) is 5.82 Å². The molecular weight excluding hydrogens is 368 g/mol. The first-order chi connectivity index (χ1) is 9.66. The summed E-state index contributed by atoms with van der Waals surface area (Å²) in [4.78, 5) is 0. The number of nitrogens with one attached hydrogen (secondary N) is 1. The summed E-state index contributed by atoms with van der Waals surface area (Å²) >= 11 is 2.05. The van der Waals surface area contributed by atoms with Gasteiger partial charge in [0.2, 0.25) is 0 Å². The maximum absolute atomic E-state index is 13.0. The third-order valence-corrected chi connectivity index (χ3v) is 4.02. The molecule has 0 spiro atoms. The summed E-state index contributed by atoms with van der Waals surface area (Å²) in [5, 5.41) is 13.4. The largest absolute Gasteiger partial charge is 0.388 e. The number of hydrogen-bond donors (Lipinski definition) is 2. The summed E-state index contributed by atoms with van der Waals surface area (Å²) in [5.74, 6) is -0.271. The third-order valence-electron chi connectivity index (χ3n) is 3.09. The highest BCUT2D eigenvalue weighted by Crippen LogP contribution is 2.23. The summed E-state index contributed by atoms with van der Waals surface area (Å²) in [5.41, 5.74) is 2.01. The molecule has 0 aliphatic heterocycles. The summed E-state index contributed by atoms with van der Waals surface area (Å²) in [7, 11) is 0. The molecule has 20 heavy (non-hydrogen) atoms. The molecule has 0 aliphatic rings. The summed E-state index contributed by atoms with van der Waals surface area (Å²) in [6, 6.07) is 14.6. The van der Waals surface area contributed by atoms with E-state index in [2.05, 4.69) is 40.0 Å². The van der Waals surface area contributed by atoms with Crippen molar-refractivity contribution in [3.8, 4) is 0 Å². The smallest absolute Gasteiger partial charge is 0.124 e. The first kappa shape index (κ1) is 15.4. The van der Waals surface area contributed by atoms with E-state index in [1.807, 2.05) is 18.2 Å². The van der Waals surface area contributed by atoms with Crippen molar-refractivity contribution in [2.75, 3.05) is 6.54 Å². The minimum absolute atomic E-state index is 0.271. The zero-order valence-corrected chi connectivity index (χ0v) is 13.2. The lowest BCUT2D eigenvalue weighted by Gasteiger charge is -2.13. The topological polar surface area (TPSA) is 32.3 Å². The molecule has 0 heterocycles. The van der Waals surface area contributed by atoms with E-state index in [0.717, 1.165) is 15.7 Å². The van der Waals surface area contributed by atoms with Crippen molar-refractivity contribution in [2.24, 2.45) is 0 Å². The molecule has 0 bridgehead atoms. The molecule has 4 heteroatoms. The number of rotatable bonds is 6. The van der Waals surface area contributed by atoms with Gasteiger partial charge in [0, 0.05) is 10.1 Å². The second kappa shape index (κ2) is 7.71. The van der Waals surface area contributed by atoms with Gasteiger partial charge in [-0.05, 0) is 58.8 Å². The number of aliphatic hydroxyl groups excluding tert-OH is 1. The molecule has 2 rings (SSSR count). The van der Waals surface area contributed by atoms with E-state index in [9.17, 15) is 9.50 Å². The van der Waals surface area contributed by atoms with Crippen molar-refractivity contribution in [1.82, 2.24) is 5.32 Å². The van der Waals surface area contributed by atoms with Crippen molar-refractivity contribution < 1.29 is 9.50 Å². The van der Waals surface area contributed by atoms with Gasteiger partial charge in [-0.1, -0.05) is 36.4 Å². The van der Waals surface area contributed by atoms with Crippen molar-refractivity contribution >= 4 is 22.6 Å². The van der Waals surface area contributed by atoms with Crippen LogP contribution in [0.1, 0.15) is 23.7 Å². The van der Waals surface area contributed by atoms with Crippen LogP contribution in [0.3, 0.4) is 0 Å². The molecule has 2 aromatic rings. The zero-order valence-electron chi connectivity index (χ0n) is 11.0. The van der Waals surface area contributed by atoms with Crippen LogP contribution in [0.25, 0.3) is 0 Å². The highest BCUT2D eigenvalue weighted by atomic mass is 127. The molecule has 0 radical (unpaired) electrons. The van der Waals surface area contributed by atoms with Crippen molar-refractivity contribution in [3.05, 3.63) is 69.0 Å². The van der Waals surface area contributed by atoms with E-state index in [-0.39, 0.29) is 5.82 Å². The second-order valence-corrected chi connectivity index (χ2v) is 5.79. The third kappa shape index (κ3) is 4.54. The Labute approximate surface area is 132 Å². The molecule has 0 unspecified atom stereocenters. The maximum atomic E-state index is 13.0. The van der Waals surface area contributed by atoms with Crippen LogP contribution >= 0.6 is 22.6 Å². The monoisotopic (exact) mass is 385 g/mol. The predicted molar refractivity (Wildman–Crippen MR) is 86.8 cm³/mol. The van der Waals surface area contributed by atoms with E-state index in [4.69, 9.17) is 0 Å². The van der Waals surface area contributed by atoms with Gasteiger partial charge in [-0.15, -0.1) is 0 Å². The van der Waals surface area contributed by atoms with Crippen LogP contribution < -0.4 is 5.32 Å². The molecule has 106 valence electrons. The summed E-state index contributed by atoms with van der Waals surface area (Å²) < 4.78 is 13.8. The number of halogens is 2. The summed E-state index contributed by atoms with van der Waals surface area (Å²) in [6.07, 6.45) is 0.0415. The lowest BCUT2D eigenvalue weighted by molar-refractivity contribution is 0.166. The van der Waals surface area contributed by atoms with Crippen LogP contribution in [-0.4, -0.2) is 11.7 Å². The quantitative estimate of drug-likeness (QED) is 0.588. The Kier molecular flexibility index (Phi) is 5.94. The second-order valence-electron chi connectivity index (χ2n) is 4.63. The fourth-order valence-corrected chi connectivity index (χ4v) is 2.83. The lowest BCUT2D eigenvalue weighted by Crippen LogP contribution is -2.17. The van der Waals surface area contributed by atoms with Crippen molar-refractivity contribution in [3.63, 3.8) is 0 Å². The lowest BCUT2D eigenvalue weighted by atomic mass is 10.1. The molecule has 0 aromatic heterocycles. The van der Waals surface area contributed by atoms with Crippen LogP contribution in [0.5, 0.6) is 0 Å². The van der Waals surface area contributed by atoms with Gasteiger partial charge in [0.15, 0.2) is 0 Å². The fraction of sp³-hybridized carbons (Fsp3) is 0.250. The van der Waals surface area contributed by atoms with Crippen molar-refractivity contribution in [1.29, 1.82) is 0 Å². The average Bonchev–Trinajstić information content (AvgIpc) is 2.44. The fourth-order valence-electron chi connectivity index (χ4n) is 1.99. The highest BCUT2D eigenvalue weighted by molar-refractivity contribution is 14.1. The van der Waals surface area contributed by atoms with E-state index in [1.165, 1.54) is 17.7 Å². The molecule has 0 saturated heterocycles. The normalized spacial score (nSPS) is 12.3. The van der Waals surface area contributed by atoms with Crippen LogP contribution in [-0.2, 0) is 6.54 Å². The van der Waals surface area contributed by atoms with Gasteiger partial charge >= 0.3 is 0 Å². The van der Waals surface area contributed by atoms with E-state index < -0.39 is 6.10 Å². The Morgan fingerprint density at radius 1 is 1.15 bits per heavy atom. The molecule has 0 amide bonds. The molecular formula is C16H17FINO. The Morgan fingerprint density at radius 3 is 2.60 bits per heavy atom. The number of benzene rings is 2. The van der Waals surface area contributed by atoms with Crippen LogP contribution in [0, 0.1) is 9.39 Å². The Balaban J connectivity index is 1.79. The molecule has 2 nitrogen and oxygen atoms in total. The molecule has 2 aromatic carbocycles. The number of aliphatic hydroxyl groups is 1. The standard InChI is InChI=1S/C16H17FINO/c17-13-6-7-14(15(18)10-13)16(20)8-9-19-11-12-4-2-1-3-5-12/h1-7,10,16,19-20H,8-9,11H2/t16-/m1/s1. The minimum Gasteiger partial charge on any atom is -0.388 e. The maximum Gasteiger partial charge on any atom is 0.124 e. The Morgan fingerprint density at radius 2 is 1.90 bits per heavy atom. The molecule has 0 aliphatic carbocycles. The average molecular weight is 385 g/mol. The predicted octanol–water partition coefficient (Wildman–Crippen LogP) is 3.64. The Bertz CT molecular complexity index is 547. The molecule has 1 atom stereocenters.